The number of aryl methyl sites for hydroxylation is 1. The van der Waals surface area contributed by atoms with Gasteiger partial charge >= 0.3 is 0 Å². The molecule has 4 heteroatoms. The molecule has 1 heterocycles. The lowest BCUT2D eigenvalue weighted by atomic mass is 9.88. The molecule has 1 aliphatic carbocycles. The molecule has 4 nitrogen and oxygen atoms in total. The number of carbonyl (C=O) groups excluding carboxylic acids is 1. The lowest BCUT2D eigenvalue weighted by Crippen LogP contribution is -2.36. The summed E-state index contributed by atoms with van der Waals surface area (Å²) >= 11 is 0. The van der Waals surface area contributed by atoms with E-state index in [9.17, 15) is 4.79 Å². The highest BCUT2D eigenvalue weighted by atomic mass is 16.7. The van der Waals surface area contributed by atoms with Gasteiger partial charge < -0.3 is 14.4 Å². The molecule has 0 spiro atoms. The van der Waals surface area contributed by atoms with Gasteiger partial charge in [-0.05, 0) is 54.5 Å². The summed E-state index contributed by atoms with van der Waals surface area (Å²) in [6, 6.07) is 14.2. The Morgan fingerprint density at radius 3 is 2.64 bits per heavy atom. The largest absolute Gasteiger partial charge is 0.454 e. The van der Waals surface area contributed by atoms with E-state index >= 15 is 0 Å². The van der Waals surface area contributed by atoms with E-state index in [4.69, 9.17) is 9.47 Å². The first kappa shape index (κ1) is 18.9. The van der Waals surface area contributed by atoms with E-state index in [0.717, 1.165) is 23.6 Å². The number of amides is 1. The number of ether oxygens (including phenoxy) is 2. The average molecular weight is 380 g/mol. The smallest absolute Gasteiger partial charge is 0.231 e. The molecule has 1 aliphatic heterocycles. The van der Waals surface area contributed by atoms with Gasteiger partial charge in [-0.2, -0.15) is 0 Å². The van der Waals surface area contributed by atoms with Crippen molar-refractivity contribution >= 4 is 5.91 Å². The van der Waals surface area contributed by atoms with Crippen molar-refractivity contribution in [2.45, 2.75) is 52.0 Å². The zero-order valence-electron chi connectivity index (χ0n) is 16.7. The van der Waals surface area contributed by atoms with Crippen LogP contribution in [0.1, 0.15) is 48.8 Å². The van der Waals surface area contributed by atoms with Crippen LogP contribution < -0.4 is 9.47 Å². The van der Waals surface area contributed by atoms with Crippen LogP contribution in [-0.4, -0.2) is 24.1 Å². The van der Waals surface area contributed by atoms with Gasteiger partial charge in [-0.15, -0.1) is 0 Å². The van der Waals surface area contributed by atoms with Gasteiger partial charge in [0, 0.05) is 13.1 Å². The molecule has 0 radical (unpaired) electrons. The summed E-state index contributed by atoms with van der Waals surface area (Å²) in [6.45, 7) is 3.93. The minimum absolute atomic E-state index is 0.188. The number of rotatable bonds is 6. The summed E-state index contributed by atoms with van der Waals surface area (Å²) in [6.07, 6.45) is 6.79. The SMILES string of the molecule is Cc1ccccc1CN(CC1CCCCC1)C(=O)Cc1ccc2c(c1)OCO2. The van der Waals surface area contributed by atoms with Crippen molar-refractivity contribution in [1.82, 2.24) is 4.90 Å². The first-order valence-electron chi connectivity index (χ1n) is 10.4. The predicted octanol–water partition coefficient (Wildman–Crippen LogP) is 4.88. The maximum Gasteiger partial charge on any atom is 0.231 e. The van der Waals surface area contributed by atoms with Crippen LogP contribution in [0.5, 0.6) is 11.5 Å². The summed E-state index contributed by atoms with van der Waals surface area (Å²) in [5.74, 6) is 2.31. The average Bonchev–Trinajstić information content (AvgIpc) is 3.18. The summed E-state index contributed by atoms with van der Waals surface area (Å²) in [4.78, 5) is 15.3. The Bertz CT molecular complexity index is 826. The monoisotopic (exact) mass is 379 g/mol. The van der Waals surface area contributed by atoms with Crippen molar-refractivity contribution in [3.05, 3.63) is 59.2 Å². The third-order valence-corrected chi connectivity index (χ3v) is 5.97. The van der Waals surface area contributed by atoms with Gasteiger partial charge in [0.15, 0.2) is 11.5 Å². The summed E-state index contributed by atoms with van der Waals surface area (Å²) < 4.78 is 10.8. The van der Waals surface area contributed by atoms with Crippen LogP contribution in [0.15, 0.2) is 42.5 Å². The van der Waals surface area contributed by atoms with E-state index in [1.807, 2.05) is 18.2 Å². The molecule has 1 amide bonds. The topological polar surface area (TPSA) is 38.8 Å². The second-order valence-corrected chi connectivity index (χ2v) is 8.07. The first-order valence-corrected chi connectivity index (χ1v) is 10.4. The number of fused-ring (bicyclic) bond motifs is 1. The maximum absolute atomic E-state index is 13.3. The van der Waals surface area contributed by atoms with E-state index in [0.29, 0.717) is 18.9 Å². The summed E-state index contributed by atoms with van der Waals surface area (Å²) in [5.41, 5.74) is 3.46. The van der Waals surface area contributed by atoms with E-state index in [-0.39, 0.29) is 12.7 Å². The lowest BCUT2D eigenvalue weighted by molar-refractivity contribution is -0.132. The van der Waals surface area contributed by atoms with Crippen molar-refractivity contribution in [2.24, 2.45) is 5.92 Å². The predicted molar refractivity (Wildman–Crippen MR) is 109 cm³/mol. The van der Waals surface area contributed by atoms with Gasteiger partial charge in [-0.3, -0.25) is 4.79 Å². The van der Waals surface area contributed by atoms with E-state index in [1.54, 1.807) is 0 Å². The summed E-state index contributed by atoms with van der Waals surface area (Å²) in [7, 11) is 0. The molecular weight excluding hydrogens is 350 g/mol. The highest BCUT2D eigenvalue weighted by molar-refractivity contribution is 5.79. The van der Waals surface area contributed by atoms with Crippen LogP contribution in [-0.2, 0) is 17.8 Å². The normalized spacial score (nSPS) is 16.2. The minimum atomic E-state index is 0.188. The number of carbonyl (C=O) groups is 1. The van der Waals surface area contributed by atoms with Crippen LogP contribution in [0.4, 0.5) is 0 Å². The van der Waals surface area contributed by atoms with Gasteiger partial charge in [0.05, 0.1) is 6.42 Å². The molecule has 2 aromatic carbocycles. The van der Waals surface area contributed by atoms with E-state index in [1.165, 1.54) is 43.2 Å². The Morgan fingerprint density at radius 1 is 1.04 bits per heavy atom. The third kappa shape index (κ3) is 4.49. The molecule has 2 aliphatic rings. The van der Waals surface area contributed by atoms with Gasteiger partial charge in [0.25, 0.3) is 0 Å². The molecule has 2 aromatic rings. The molecule has 1 fully saturated rings. The molecular formula is C24H29NO3. The number of hydrogen-bond acceptors (Lipinski definition) is 3. The van der Waals surface area contributed by atoms with E-state index < -0.39 is 0 Å². The van der Waals surface area contributed by atoms with Gasteiger partial charge in [-0.25, -0.2) is 0 Å². The Morgan fingerprint density at radius 2 is 1.82 bits per heavy atom. The molecule has 148 valence electrons. The van der Waals surface area contributed by atoms with Crippen LogP contribution in [0.25, 0.3) is 0 Å². The standard InChI is InChI=1S/C24H29NO3/c1-18-7-5-6-10-21(18)16-25(15-19-8-3-2-4-9-19)24(26)14-20-11-12-22-23(13-20)28-17-27-22/h5-7,10-13,19H,2-4,8-9,14-17H2,1H3. The molecule has 1 saturated carbocycles. The first-order chi connectivity index (χ1) is 13.7. The molecule has 0 atom stereocenters. The Kier molecular flexibility index (Phi) is 5.84. The minimum Gasteiger partial charge on any atom is -0.454 e. The van der Waals surface area contributed by atoms with Crippen LogP contribution in [0.3, 0.4) is 0 Å². The maximum atomic E-state index is 13.3. The second-order valence-electron chi connectivity index (χ2n) is 8.07. The second kappa shape index (κ2) is 8.68. The van der Waals surface area contributed by atoms with Crippen molar-refractivity contribution in [1.29, 1.82) is 0 Å². The van der Waals surface area contributed by atoms with Gasteiger partial charge in [-0.1, -0.05) is 49.6 Å². The van der Waals surface area contributed by atoms with Crippen molar-refractivity contribution in [2.75, 3.05) is 13.3 Å². The Hall–Kier alpha value is -2.49. The lowest BCUT2D eigenvalue weighted by Gasteiger charge is -2.30. The van der Waals surface area contributed by atoms with Crippen LogP contribution in [0.2, 0.25) is 0 Å². The zero-order valence-corrected chi connectivity index (χ0v) is 16.7. The molecule has 0 saturated heterocycles. The molecule has 0 unspecified atom stereocenters. The van der Waals surface area contributed by atoms with Crippen LogP contribution in [0, 0.1) is 12.8 Å². The van der Waals surface area contributed by atoms with Crippen LogP contribution >= 0.6 is 0 Å². The number of benzene rings is 2. The highest BCUT2D eigenvalue weighted by Crippen LogP contribution is 2.33. The highest BCUT2D eigenvalue weighted by Gasteiger charge is 2.23. The molecule has 28 heavy (non-hydrogen) atoms. The van der Waals surface area contributed by atoms with Crippen molar-refractivity contribution in [3.8, 4) is 11.5 Å². The Balaban J connectivity index is 1.49. The fraction of sp³-hybridized carbons (Fsp3) is 0.458. The van der Waals surface area contributed by atoms with Crippen molar-refractivity contribution < 1.29 is 14.3 Å². The molecule has 0 bridgehead atoms. The van der Waals surface area contributed by atoms with Gasteiger partial charge in [0.1, 0.15) is 0 Å². The van der Waals surface area contributed by atoms with Gasteiger partial charge in [0.2, 0.25) is 12.7 Å². The van der Waals surface area contributed by atoms with E-state index in [2.05, 4.69) is 36.1 Å². The molecule has 4 rings (SSSR count). The molecule has 0 N–H and O–H groups in total. The zero-order chi connectivity index (χ0) is 19.3. The third-order valence-electron chi connectivity index (χ3n) is 5.97. The summed E-state index contributed by atoms with van der Waals surface area (Å²) in [5, 5.41) is 0. The Labute approximate surface area is 167 Å². The number of hydrogen-bond donors (Lipinski definition) is 0. The quantitative estimate of drug-likeness (QED) is 0.718. The van der Waals surface area contributed by atoms with Crippen molar-refractivity contribution in [3.63, 3.8) is 0 Å². The fourth-order valence-corrected chi connectivity index (χ4v) is 4.27. The number of nitrogens with zero attached hydrogens (tertiary/aromatic N) is 1. The molecule has 0 aromatic heterocycles. The fourth-order valence-electron chi connectivity index (χ4n) is 4.27.